The summed E-state index contributed by atoms with van der Waals surface area (Å²) < 4.78 is 44.2. The second-order valence-corrected chi connectivity index (χ2v) is 5.89. The minimum atomic E-state index is -4.59. The van der Waals surface area contributed by atoms with Crippen molar-refractivity contribution in [3.8, 4) is 0 Å². The van der Waals surface area contributed by atoms with E-state index in [-0.39, 0.29) is 16.7 Å². The molecule has 0 aliphatic carbocycles. The molecule has 0 unspecified atom stereocenters. The van der Waals surface area contributed by atoms with Gasteiger partial charge in [0.2, 0.25) is 5.91 Å². The average Bonchev–Trinajstić information content (AvgIpc) is 2.61. The lowest BCUT2D eigenvalue weighted by molar-refractivity contribution is -0.136. The number of para-hydroxylation sites is 1. The van der Waals surface area contributed by atoms with Crippen LogP contribution in [0.25, 0.3) is 17.0 Å². The minimum Gasteiger partial charge on any atom is -0.463 e. The van der Waals surface area contributed by atoms with Crippen molar-refractivity contribution in [1.82, 2.24) is 0 Å². The number of hydrogen-bond acceptors (Lipinski definition) is 3. The molecule has 0 aliphatic rings. The summed E-state index contributed by atoms with van der Waals surface area (Å²) >= 11 is 0. The molecule has 3 rings (SSSR count). The summed E-state index contributed by atoms with van der Waals surface area (Å²) in [4.78, 5) is 24.4. The molecule has 0 bridgehead atoms. The number of carbonyl (C=O) groups is 1. The smallest absolute Gasteiger partial charge is 0.418 e. The van der Waals surface area contributed by atoms with Gasteiger partial charge in [0.25, 0.3) is 0 Å². The molecule has 1 heterocycles. The van der Waals surface area contributed by atoms with Crippen molar-refractivity contribution in [2.75, 3.05) is 5.32 Å². The van der Waals surface area contributed by atoms with Crippen molar-refractivity contribution in [3.63, 3.8) is 0 Å². The van der Waals surface area contributed by atoms with Crippen molar-refractivity contribution in [2.45, 2.75) is 13.1 Å². The van der Waals surface area contributed by atoms with Gasteiger partial charge >= 0.3 is 6.18 Å². The van der Waals surface area contributed by atoms with E-state index in [0.717, 1.165) is 23.8 Å². The Morgan fingerprint density at radius 1 is 1.15 bits per heavy atom. The highest BCUT2D eigenvalue weighted by atomic mass is 19.4. The SMILES string of the molecule is Cc1ccc2occ(/C=C/C(=O)Nc3ccccc3C(F)(F)F)c(=O)c2c1. The molecule has 0 atom stereocenters. The predicted molar refractivity (Wildman–Crippen MR) is 96.3 cm³/mol. The highest BCUT2D eigenvalue weighted by molar-refractivity contribution is 6.02. The Morgan fingerprint density at radius 2 is 1.89 bits per heavy atom. The van der Waals surface area contributed by atoms with Crippen LogP contribution in [0.5, 0.6) is 0 Å². The molecule has 0 fully saturated rings. The Kier molecular flexibility index (Phi) is 4.85. The van der Waals surface area contributed by atoms with Crippen LogP contribution in [-0.2, 0) is 11.0 Å². The summed E-state index contributed by atoms with van der Waals surface area (Å²) in [6, 6.07) is 9.78. The maximum absolute atomic E-state index is 13.0. The molecule has 1 N–H and O–H groups in total. The number of rotatable bonds is 3. The molecule has 3 aromatic rings. The summed E-state index contributed by atoms with van der Waals surface area (Å²) in [5.74, 6) is -0.796. The highest BCUT2D eigenvalue weighted by Gasteiger charge is 2.33. The standard InChI is InChI=1S/C20H14F3NO3/c1-12-6-8-17-14(10-12)19(26)13(11-27-17)7-9-18(25)24-16-5-3-2-4-15(16)20(21,22)23/h2-11H,1H3,(H,24,25)/b9-7+. The number of benzene rings is 2. The van der Waals surface area contributed by atoms with Gasteiger partial charge in [-0.3, -0.25) is 9.59 Å². The van der Waals surface area contributed by atoms with Crippen LogP contribution in [0.15, 0.2) is 64.0 Å². The maximum Gasteiger partial charge on any atom is 0.418 e. The van der Waals surface area contributed by atoms with Crippen LogP contribution >= 0.6 is 0 Å². The summed E-state index contributed by atoms with van der Waals surface area (Å²) in [6.07, 6.45) is -1.20. The number of halogens is 3. The molecule has 0 spiro atoms. The second-order valence-electron chi connectivity index (χ2n) is 5.89. The second kappa shape index (κ2) is 7.11. The van der Waals surface area contributed by atoms with Gasteiger partial charge in [0.15, 0.2) is 5.43 Å². The van der Waals surface area contributed by atoms with Crippen molar-refractivity contribution in [1.29, 1.82) is 0 Å². The van der Waals surface area contributed by atoms with Gasteiger partial charge in [0.1, 0.15) is 11.8 Å². The van der Waals surface area contributed by atoms with E-state index in [2.05, 4.69) is 5.32 Å². The van der Waals surface area contributed by atoms with Gasteiger partial charge in [0.05, 0.1) is 22.2 Å². The third kappa shape index (κ3) is 4.08. The van der Waals surface area contributed by atoms with Gasteiger partial charge in [-0.05, 0) is 37.3 Å². The van der Waals surface area contributed by atoms with Crippen LogP contribution < -0.4 is 10.7 Å². The van der Waals surface area contributed by atoms with E-state index in [0.29, 0.717) is 11.0 Å². The summed E-state index contributed by atoms with van der Waals surface area (Å²) in [5, 5.41) is 2.54. The first-order valence-electron chi connectivity index (χ1n) is 7.93. The van der Waals surface area contributed by atoms with E-state index in [1.165, 1.54) is 24.5 Å². The van der Waals surface area contributed by atoms with Crippen LogP contribution in [0.1, 0.15) is 16.7 Å². The summed E-state index contributed by atoms with van der Waals surface area (Å²) in [7, 11) is 0. The van der Waals surface area contributed by atoms with Gasteiger partial charge in [-0.2, -0.15) is 13.2 Å². The topological polar surface area (TPSA) is 59.3 Å². The number of hydrogen-bond donors (Lipinski definition) is 1. The van der Waals surface area contributed by atoms with Gasteiger partial charge < -0.3 is 9.73 Å². The van der Waals surface area contributed by atoms with E-state index in [4.69, 9.17) is 4.42 Å². The molecule has 1 aromatic heterocycles. The predicted octanol–water partition coefficient (Wildman–Crippen LogP) is 4.77. The first-order chi connectivity index (χ1) is 12.8. The van der Waals surface area contributed by atoms with Gasteiger partial charge in [0, 0.05) is 6.08 Å². The number of nitrogens with one attached hydrogen (secondary N) is 1. The highest BCUT2D eigenvalue weighted by Crippen LogP contribution is 2.34. The first-order valence-corrected chi connectivity index (χ1v) is 7.93. The molecule has 0 saturated carbocycles. The lowest BCUT2D eigenvalue weighted by Gasteiger charge is -2.12. The van der Waals surface area contributed by atoms with Crippen LogP contribution in [0.3, 0.4) is 0 Å². The normalized spacial score (nSPS) is 11.9. The maximum atomic E-state index is 13.0. The Morgan fingerprint density at radius 3 is 2.63 bits per heavy atom. The fourth-order valence-electron chi connectivity index (χ4n) is 2.55. The fraction of sp³-hybridized carbons (Fsp3) is 0.100. The van der Waals surface area contributed by atoms with Crippen LogP contribution in [0.2, 0.25) is 0 Å². The van der Waals surface area contributed by atoms with Gasteiger partial charge in [-0.15, -0.1) is 0 Å². The monoisotopic (exact) mass is 373 g/mol. The number of amides is 1. The molecule has 0 radical (unpaired) electrons. The van der Waals surface area contributed by atoms with Crippen molar-refractivity contribution >= 4 is 28.6 Å². The Bertz CT molecular complexity index is 1100. The molecule has 0 saturated heterocycles. The zero-order valence-corrected chi connectivity index (χ0v) is 14.1. The van der Waals surface area contributed by atoms with E-state index >= 15 is 0 Å². The number of anilines is 1. The molecular weight excluding hydrogens is 359 g/mol. The number of alkyl halides is 3. The molecule has 1 amide bonds. The number of fused-ring (bicyclic) bond motifs is 1. The van der Waals surface area contributed by atoms with Crippen LogP contribution in [0.4, 0.5) is 18.9 Å². The van der Waals surface area contributed by atoms with Crippen molar-refractivity contribution < 1.29 is 22.4 Å². The summed E-state index contributed by atoms with van der Waals surface area (Å²) in [6.45, 7) is 1.83. The van der Waals surface area contributed by atoms with E-state index < -0.39 is 17.6 Å². The Labute approximate surface area is 151 Å². The third-order valence-electron chi connectivity index (χ3n) is 3.86. The van der Waals surface area contributed by atoms with E-state index in [1.807, 2.05) is 6.92 Å². The van der Waals surface area contributed by atoms with Gasteiger partial charge in [-0.25, -0.2) is 0 Å². The molecule has 27 heavy (non-hydrogen) atoms. The Hall–Kier alpha value is -3.35. The lowest BCUT2D eigenvalue weighted by atomic mass is 10.1. The molecule has 4 nitrogen and oxygen atoms in total. The quantitative estimate of drug-likeness (QED) is 0.673. The van der Waals surface area contributed by atoms with E-state index in [9.17, 15) is 22.8 Å². The molecule has 2 aromatic carbocycles. The number of aryl methyl sites for hydroxylation is 1. The zero-order valence-electron chi connectivity index (χ0n) is 14.1. The molecule has 0 aliphatic heterocycles. The van der Waals surface area contributed by atoms with Gasteiger partial charge in [-0.1, -0.05) is 23.8 Å². The first kappa shape index (κ1) is 18.4. The fourth-order valence-corrected chi connectivity index (χ4v) is 2.55. The Balaban J connectivity index is 1.85. The zero-order chi connectivity index (χ0) is 19.6. The molecular formula is C20H14F3NO3. The molecule has 138 valence electrons. The number of carbonyl (C=O) groups excluding carboxylic acids is 1. The van der Waals surface area contributed by atoms with Crippen molar-refractivity contribution in [2.24, 2.45) is 0 Å². The molecule has 7 heteroatoms. The summed E-state index contributed by atoms with van der Waals surface area (Å²) in [5.41, 5.74) is -0.246. The van der Waals surface area contributed by atoms with Crippen LogP contribution in [-0.4, -0.2) is 5.91 Å². The lowest BCUT2D eigenvalue weighted by Crippen LogP contribution is -2.14. The average molecular weight is 373 g/mol. The largest absolute Gasteiger partial charge is 0.463 e. The third-order valence-corrected chi connectivity index (χ3v) is 3.86. The van der Waals surface area contributed by atoms with E-state index in [1.54, 1.807) is 18.2 Å². The van der Waals surface area contributed by atoms with Crippen molar-refractivity contribution in [3.05, 3.63) is 81.7 Å². The van der Waals surface area contributed by atoms with Crippen LogP contribution in [0, 0.1) is 6.92 Å². The minimum absolute atomic E-state index is 0.118.